The molecule has 1 atom stereocenters. The maximum absolute atomic E-state index is 9.10. The van der Waals surface area contributed by atoms with Crippen LogP contribution in [0.2, 0.25) is 0 Å². The molecule has 0 spiro atoms. The Morgan fingerprint density at radius 2 is 2.12 bits per heavy atom. The first kappa shape index (κ1) is 12.7. The lowest BCUT2D eigenvalue weighted by Crippen LogP contribution is -2.12. The van der Waals surface area contributed by atoms with E-state index in [2.05, 4.69) is 20.7 Å². The van der Waals surface area contributed by atoms with E-state index in [1.807, 2.05) is 6.92 Å². The summed E-state index contributed by atoms with van der Waals surface area (Å²) in [5.41, 5.74) is 2.49. The molecule has 0 saturated carbocycles. The zero-order valence-corrected chi connectivity index (χ0v) is 9.70. The van der Waals surface area contributed by atoms with Crippen molar-refractivity contribution in [3.05, 3.63) is 11.9 Å². The van der Waals surface area contributed by atoms with Crippen molar-refractivity contribution in [3.8, 4) is 0 Å². The number of anilines is 2. The normalized spacial score (nSPS) is 12.2. The number of nitrogens with two attached hydrogens (primary N) is 1. The molecule has 6 nitrogen and oxygen atoms in total. The van der Waals surface area contributed by atoms with E-state index in [9.17, 15) is 0 Å². The molecule has 0 radical (unpaired) electrons. The van der Waals surface area contributed by atoms with Crippen LogP contribution in [0.25, 0.3) is 0 Å². The highest BCUT2D eigenvalue weighted by atomic mass is 16.3. The first-order chi connectivity index (χ1) is 7.61. The molecule has 1 aromatic heterocycles. The van der Waals surface area contributed by atoms with Crippen LogP contribution >= 0.6 is 0 Å². The molecule has 1 aromatic rings. The fourth-order valence-electron chi connectivity index (χ4n) is 1.35. The Morgan fingerprint density at radius 3 is 2.75 bits per heavy atom. The van der Waals surface area contributed by atoms with Crippen molar-refractivity contribution in [1.29, 1.82) is 0 Å². The average Bonchev–Trinajstić information content (AvgIpc) is 2.23. The predicted molar refractivity (Wildman–Crippen MR) is 64.0 cm³/mol. The molecule has 0 amide bonds. The van der Waals surface area contributed by atoms with Gasteiger partial charge in [-0.3, -0.25) is 0 Å². The zero-order chi connectivity index (χ0) is 12.0. The molecule has 0 bridgehead atoms. The van der Waals surface area contributed by atoms with Gasteiger partial charge in [-0.05, 0) is 26.7 Å². The minimum Gasteiger partial charge on any atom is -0.393 e. The fourth-order valence-corrected chi connectivity index (χ4v) is 1.35. The number of aryl methyl sites for hydroxylation is 1. The van der Waals surface area contributed by atoms with Crippen molar-refractivity contribution >= 4 is 11.6 Å². The molecule has 90 valence electrons. The first-order valence-corrected chi connectivity index (χ1v) is 5.36. The number of hydrazine groups is 1. The van der Waals surface area contributed by atoms with Gasteiger partial charge < -0.3 is 15.8 Å². The van der Waals surface area contributed by atoms with Crippen molar-refractivity contribution in [3.63, 3.8) is 0 Å². The van der Waals surface area contributed by atoms with E-state index in [0.29, 0.717) is 11.6 Å². The number of aromatic nitrogens is 2. The molecular weight excluding hydrogens is 206 g/mol. The van der Waals surface area contributed by atoms with Crippen molar-refractivity contribution in [2.75, 3.05) is 17.3 Å². The summed E-state index contributed by atoms with van der Waals surface area (Å²) in [5.74, 6) is 7.27. The third-order valence-corrected chi connectivity index (χ3v) is 2.09. The molecule has 0 aliphatic heterocycles. The summed E-state index contributed by atoms with van der Waals surface area (Å²) in [6.07, 6.45) is 1.42. The Morgan fingerprint density at radius 1 is 1.44 bits per heavy atom. The van der Waals surface area contributed by atoms with Crippen LogP contribution in [0.15, 0.2) is 6.07 Å². The third kappa shape index (κ3) is 4.41. The quantitative estimate of drug-likeness (QED) is 0.322. The largest absolute Gasteiger partial charge is 0.393 e. The fraction of sp³-hybridized carbons (Fsp3) is 0.600. The Hall–Kier alpha value is -1.40. The molecule has 1 rings (SSSR count). The topological polar surface area (TPSA) is 96.1 Å². The molecule has 0 aliphatic rings. The van der Waals surface area contributed by atoms with Gasteiger partial charge in [0.05, 0.1) is 6.10 Å². The van der Waals surface area contributed by atoms with Crippen LogP contribution in [-0.4, -0.2) is 27.7 Å². The van der Waals surface area contributed by atoms with E-state index in [1.54, 1.807) is 13.0 Å². The Labute approximate surface area is 95.3 Å². The molecular formula is C10H19N5O. The van der Waals surface area contributed by atoms with Crippen LogP contribution in [0.4, 0.5) is 11.6 Å². The summed E-state index contributed by atoms with van der Waals surface area (Å²) in [7, 11) is 0. The lowest BCUT2D eigenvalue weighted by atomic mass is 10.2. The van der Waals surface area contributed by atoms with Crippen LogP contribution in [0.5, 0.6) is 0 Å². The van der Waals surface area contributed by atoms with E-state index in [1.165, 1.54) is 0 Å². The highest BCUT2D eigenvalue weighted by molar-refractivity contribution is 5.46. The lowest BCUT2D eigenvalue weighted by Gasteiger charge is -2.08. The van der Waals surface area contributed by atoms with Crippen molar-refractivity contribution in [2.45, 2.75) is 32.8 Å². The third-order valence-electron chi connectivity index (χ3n) is 2.09. The molecule has 1 unspecified atom stereocenters. The summed E-state index contributed by atoms with van der Waals surface area (Å²) in [6.45, 7) is 4.36. The van der Waals surface area contributed by atoms with E-state index in [0.717, 1.165) is 25.2 Å². The number of nitrogens with one attached hydrogen (secondary N) is 2. The Balaban J connectivity index is 2.44. The number of nitrogens with zero attached hydrogens (tertiary/aromatic N) is 2. The smallest absolute Gasteiger partial charge is 0.145 e. The van der Waals surface area contributed by atoms with Gasteiger partial charge in [0.15, 0.2) is 0 Å². The highest BCUT2D eigenvalue weighted by Gasteiger charge is 2.00. The standard InChI is InChI=1S/C10H19N5O/c1-7(16)4-3-5-12-9-6-10(15-11)14-8(2)13-9/h6-7,16H,3-5,11H2,1-2H3,(H2,12,13,14,15). The van der Waals surface area contributed by atoms with Crippen LogP contribution < -0.4 is 16.6 Å². The highest BCUT2D eigenvalue weighted by Crippen LogP contribution is 2.10. The minimum absolute atomic E-state index is 0.254. The molecule has 6 heteroatoms. The second kappa shape index (κ2) is 6.24. The second-order valence-corrected chi connectivity index (χ2v) is 3.75. The minimum atomic E-state index is -0.254. The molecule has 0 aromatic carbocycles. The SMILES string of the molecule is Cc1nc(NN)cc(NCCCC(C)O)n1. The van der Waals surface area contributed by atoms with Crippen molar-refractivity contribution in [1.82, 2.24) is 9.97 Å². The number of hydrogen-bond acceptors (Lipinski definition) is 6. The van der Waals surface area contributed by atoms with E-state index < -0.39 is 0 Å². The summed E-state index contributed by atoms with van der Waals surface area (Å²) in [5, 5.41) is 12.3. The average molecular weight is 225 g/mol. The van der Waals surface area contributed by atoms with E-state index in [4.69, 9.17) is 10.9 Å². The molecule has 16 heavy (non-hydrogen) atoms. The van der Waals surface area contributed by atoms with Crippen LogP contribution in [0.1, 0.15) is 25.6 Å². The molecule has 0 fully saturated rings. The van der Waals surface area contributed by atoms with Gasteiger partial charge in [-0.15, -0.1) is 0 Å². The zero-order valence-electron chi connectivity index (χ0n) is 9.70. The summed E-state index contributed by atoms with van der Waals surface area (Å²) >= 11 is 0. The monoisotopic (exact) mass is 225 g/mol. The summed E-state index contributed by atoms with van der Waals surface area (Å²) in [4.78, 5) is 8.30. The van der Waals surface area contributed by atoms with Crippen molar-refractivity contribution < 1.29 is 5.11 Å². The Bertz CT molecular complexity index is 329. The predicted octanol–water partition coefficient (Wildman–Crippen LogP) is 0.644. The van der Waals surface area contributed by atoms with Crippen LogP contribution in [-0.2, 0) is 0 Å². The number of aliphatic hydroxyl groups excluding tert-OH is 1. The summed E-state index contributed by atoms with van der Waals surface area (Å²) < 4.78 is 0. The maximum Gasteiger partial charge on any atom is 0.145 e. The Kier molecular flexibility index (Phi) is 4.94. The summed E-state index contributed by atoms with van der Waals surface area (Å²) in [6, 6.07) is 1.75. The molecule has 1 heterocycles. The molecule has 0 aliphatic carbocycles. The number of rotatable bonds is 6. The number of nitrogen functional groups attached to an aromatic ring is 1. The van der Waals surface area contributed by atoms with Gasteiger partial charge in [-0.1, -0.05) is 0 Å². The number of hydrogen-bond donors (Lipinski definition) is 4. The van der Waals surface area contributed by atoms with E-state index in [-0.39, 0.29) is 6.10 Å². The number of aliphatic hydroxyl groups is 1. The molecule has 0 saturated heterocycles. The van der Waals surface area contributed by atoms with Gasteiger partial charge in [0.25, 0.3) is 0 Å². The second-order valence-electron chi connectivity index (χ2n) is 3.75. The van der Waals surface area contributed by atoms with Crippen LogP contribution in [0.3, 0.4) is 0 Å². The van der Waals surface area contributed by atoms with Crippen molar-refractivity contribution in [2.24, 2.45) is 5.84 Å². The molecule has 5 N–H and O–H groups in total. The maximum atomic E-state index is 9.10. The van der Waals surface area contributed by atoms with Gasteiger partial charge in [0.1, 0.15) is 17.5 Å². The van der Waals surface area contributed by atoms with Gasteiger partial charge in [-0.25, -0.2) is 15.8 Å². The van der Waals surface area contributed by atoms with Gasteiger partial charge >= 0.3 is 0 Å². The van der Waals surface area contributed by atoms with Gasteiger partial charge in [0, 0.05) is 12.6 Å². The van der Waals surface area contributed by atoms with Gasteiger partial charge in [-0.2, -0.15) is 0 Å². The van der Waals surface area contributed by atoms with Gasteiger partial charge in [0.2, 0.25) is 0 Å². The van der Waals surface area contributed by atoms with E-state index >= 15 is 0 Å². The van der Waals surface area contributed by atoms with Crippen LogP contribution in [0, 0.1) is 6.92 Å². The first-order valence-electron chi connectivity index (χ1n) is 5.36. The lowest BCUT2D eigenvalue weighted by molar-refractivity contribution is 0.183.